The van der Waals surface area contributed by atoms with Crippen LogP contribution in [0, 0.1) is 18.3 Å². The Morgan fingerprint density at radius 2 is 2.00 bits per heavy atom. The smallest absolute Gasteiger partial charge is 0.307 e. The van der Waals surface area contributed by atoms with E-state index in [0.717, 1.165) is 44.5 Å². The summed E-state index contributed by atoms with van der Waals surface area (Å²) < 4.78 is 0. The molecule has 2 heterocycles. The van der Waals surface area contributed by atoms with Crippen molar-refractivity contribution in [2.75, 3.05) is 5.32 Å². The van der Waals surface area contributed by atoms with Crippen molar-refractivity contribution in [3.8, 4) is 16.8 Å². The molecule has 0 radical (unpaired) electrons. The number of anilines is 2. The number of allylic oxidation sites excluding steroid dienone is 1. The summed E-state index contributed by atoms with van der Waals surface area (Å²) in [6.07, 6.45) is 4.94. The van der Waals surface area contributed by atoms with Crippen molar-refractivity contribution in [2.24, 2.45) is 0 Å². The molecule has 0 fully saturated rings. The highest BCUT2D eigenvalue weighted by atomic mass is 32.1. The molecular weight excluding hydrogens is 396 g/mol. The number of carboxylic acid groups (broad SMARTS) is 1. The molecule has 0 aliphatic carbocycles. The summed E-state index contributed by atoms with van der Waals surface area (Å²) in [7, 11) is 0. The number of thiophene rings is 1. The lowest BCUT2D eigenvalue weighted by molar-refractivity contribution is -0.136. The van der Waals surface area contributed by atoms with E-state index in [1.807, 2.05) is 43.3 Å². The van der Waals surface area contributed by atoms with Crippen LogP contribution in [0.5, 0.6) is 0 Å². The molecule has 0 saturated carbocycles. The Bertz CT molecular complexity index is 1110. The average Bonchev–Trinajstić information content (AvgIpc) is 3.18. The Balaban J connectivity index is 1.88. The molecule has 2 N–H and O–H groups in total. The van der Waals surface area contributed by atoms with Gasteiger partial charge in [-0.1, -0.05) is 25.1 Å². The molecule has 0 atom stereocenters. The van der Waals surface area contributed by atoms with Crippen LogP contribution in [-0.4, -0.2) is 21.0 Å². The van der Waals surface area contributed by atoms with Crippen LogP contribution in [0.25, 0.3) is 16.8 Å². The van der Waals surface area contributed by atoms with E-state index in [4.69, 9.17) is 20.3 Å². The predicted molar refractivity (Wildman–Crippen MR) is 120 cm³/mol. The van der Waals surface area contributed by atoms with E-state index in [1.54, 1.807) is 23.5 Å². The Morgan fingerprint density at radius 3 is 2.67 bits per heavy atom. The minimum absolute atomic E-state index is 0.000772. The second-order valence-corrected chi connectivity index (χ2v) is 7.79. The van der Waals surface area contributed by atoms with Gasteiger partial charge in [-0.3, -0.25) is 4.79 Å². The van der Waals surface area contributed by atoms with Gasteiger partial charge in [0.2, 0.25) is 0 Å². The van der Waals surface area contributed by atoms with Crippen LogP contribution in [0.1, 0.15) is 35.0 Å². The summed E-state index contributed by atoms with van der Waals surface area (Å²) in [4.78, 5) is 22.3. The molecule has 0 unspecified atom stereocenters. The van der Waals surface area contributed by atoms with Gasteiger partial charge in [0.1, 0.15) is 5.82 Å². The van der Waals surface area contributed by atoms with Crippen molar-refractivity contribution in [3.63, 3.8) is 0 Å². The summed E-state index contributed by atoms with van der Waals surface area (Å²) in [6, 6.07) is 13.4. The van der Waals surface area contributed by atoms with Crippen molar-refractivity contribution in [1.29, 1.82) is 5.26 Å². The van der Waals surface area contributed by atoms with E-state index in [2.05, 4.69) is 18.3 Å². The predicted octanol–water partition coefficient (Wildman–Crippen LogP) is 5.37. The molecule has 0 amide bonds. The van der Waals surface area contributed by atoms with Gasteiger partial charge >= 0.3 is 5.97 Å². The van der Waals surface area contributed by atoms with E-state index in [-0.39, 0.29) is 6.42 Å². The molecule has 152 valence electrons. The van der Waals surface area contributed by atoms with Crippen LogP contribution in [0.3, 0.4) is 0 Å². The molecule has 0 spiro atoms. The maximum atomic E-state index is 10.9. The minimum Gasteiger partial charge on any atom is -0.481 e. The lowest BCUT2D eigenvalue weighted by atomic mass is 10.1. The minimum atomic E-state index is -0.849. The van der Waals surface area contributed by atoms with Gasteiger partial charge in [0.15, 0.2) is 5.82 Å². The summed E-state index contributed by atoms with van der Waals surface area (Å²) >= 11 is 1.58. The number of nitrogens with one attached hydrogen (secondary N) is 1. The number of benzene rings is 1. The van der Waals surface area contributed by atoms with Gasteiger partial charge in [0.25, 0.3) is 0 Å². The third-order valence-corrected chi connectivity index (χ3v) is 5.52. The van der Waals surface area contributed by atoms with Crippen molar-refractivity contribution < 1.29 is 9.90 Å². The van der Waals surface area contributed by atoms with Gasteiger partial charge in [0.05, 0.1) is 23.8 Å². The summed E-state index contributed by atoms with van der Waals surface area (Å²) in [5.74, 6) is 0.554. The van der Waals surface area contributed by atoms with Gasteiger partial charge in [-0.25, -0.2) is 9.97 Å². The van der Waals surface area contributed by atoms with Crippen molar-refractivity contribution in [1.82, 2.24) is 9.97 Å². The average molecular weight is 419 g/mol. The summed E-state index contributed by atoms with van der Waals surface area (Å²) in [5.41, 5.74) is 3.55. The number of hydrogen-bond donors (Lipinski definition) is 2. The second-order valence-electron chi connectivity index (χ2n) is 6.67. The number of carbonyl (C=O) groups is 1. The third kappa shape index (κ3) is 5.31. The number of carboxylic acids is 1. The third-order valence-electron chi connectivity index (χ3n) is 4.48. The van der Waals surface area contributed by atoms with E-state index < -0.39 is 5.97 Å². The zero-order valence-corrected chi connectivity index (χ0v) is 17.7. The fourth-order valence-corrected chi connectivity index (χ4v) is 3.91. The fourth-order valence-electron chi connectivity index (χ4n) is 3.04. The van der Waals surface area contributed by atoms with Gasteiger partial charge in [0, 0.05) is 21.8 Å². The molecule has 7 heteroatoms. The molecule has 3 rings (SSSR count). The van der Waals surface area contributed by atoms with Crippen molar-refractivity contribution in [3.05, 3.63) is 64.2 Å². The van der Waals surface area contributed by atoms with Crippen LogP contribution in [0.4, 0.5) is 11.5 Å². The first-order valence-electron chi connectivity index (χ1n) is 9.59. The molecule has 2 aromatic heterocycles. The monoisotopic (exact) mass is 418 g/mol. The summed E-state index contributed by atoms with van der Waals surface area (Å²) in [6.45, 7) is 4.04. The normalized spacial score (nSPS) is 10.8. The van der Waals surface area contributed by atoms with E-state index in [1.165, 1.54) is 0 Å². The van der Waals surface area contributed by atoms with E-state index in [9.17, 15) is 4.79 Å². The number of aromatic nitrogens is 2. The number of rotatable bonds is 8. The first-order chi connectivity index (χ1) is 14.5. The maximum Gasteiger partial charge on any atom is 0.307 e. The lowest BCUT2D eigenvalue weighted by Crippen LogP contribution is -2.05. The van der Waals surface area contributed by atoms with Gasteiger partial charge in [-0.15, -0.1) is 11.3 Å². The first-order valence-corrected chi connectivity index (χ1v) is 10.4. The van der Waals surface area contributed by atoms with Crippen LogP contribution in [-0.2, 0) is 17.6 Å². The zero-order valence-electron chi connectivity index (χ0n) is 16.8. The maximum absolute atomic E-state index is 10.9. The standard InChI is InChI=1S/C23H22N4O2S/c1-3-19-15(2)25-23(20-12-11-18(30-20)6-4-5-13-24)27-22(19)26-17-9-7-16(8-10-17)14-21(28)29/h4,6-12H,3,5,14H2,1-2H3,(H,28,29)(H,25,26,27). The van der Waals surface area contributed by atoms with Crippen LogP contribution >= 0.6 is 11.3 Å². The molecular formula is C23H22N4O2S. The van der Waals surface area contributed by atoms with Gasteiger partial charge in [-0.05, 0) is 49.2 Å². The molecule has 1 aromatic carbocycles. The molecule has 0 saturated heterocycles. The molecule has 0 bridgehead atoms. The van der Waals surface area contributed by atoms with Crippen molar-refractivity contribution in [2.45, 2.75) is 33.1 Å². The Labute approximate surface area is 179 Å². The Hall–Kier alpha value is -3.50. The molecule has 0 aliphatic heterocycles. The molecule has 0 aliphatic rings. The van der Waals surface area contributed by atoms with E-state index in [0.29, 0.717) is 12.2 Å². The molecule has 6 nitrogen and oxygen atoms in total. The number of aryl methyl sites for hydroxylation is 1. The number of hydrogen-bond acceptors (Lipinski definition) is 6. The lowest BCUT2D eigenvalue weighted by Gasteiger charge is -2.14. The van der Waals surface area contributed by atoms with Crippen LogP contribution in [0.2, 0.25) is 0 Å². The largest absolute Gasteiger partial charge is 0.481 e. The number of nitriles is 1. The molecule has 3 aromatic rings. The van der Waals surface area contributed by atoms with Gasteiger partial charge < -0.3 is 10.4 Å². The van der Waals surface area contributed by atoms with E-state index >= 15 is 0 Å². The SMILES string of the molecule is CCc1c(C)nc(-c2ccc(C=CCC#N)s2)nc1Nc1ccc(CC(=O)O)cc1. The summed E-state index contributed by atoms with van der Waals surface area (Å²) in [5, 5.41) is 20.9. The Kier molecular flexibility index (Phi) is 6.94. The second kappa shape index (κ2) is 9.81. The Morgan fingerprint density at radius 1 is 1.23 bits per heavy atom. The highest BCUT2D eigenvalue weighted by Crippen LogP contribution is 2.30. The molecule has 30 heavy (non-hydrogen) atoms. The quantitative estimate of drug-likeness (QED) is 0.510. The highest BCUT2D eigenvalue weighted by Gasteiger charge is 2.13. The number of aliphatic carboxylic acids is 1. The first kappa shape index (κ1) is 21.2. The highest BCUT2D eigenvalue weighted by molar-refractivity contribution is 7.16. The van der Waals surface area contributed by atoms with Crippen LogP contribution < -0.4 is 5.32 Å². The van der Waals surface area contributed by atoms with Crippen LogP contribution in [0.15, 0.2) is 42.5 Å². The van der Waals surface area contributed by atoms with Crippen molar-refractivity contribution >= 4 is 34.9 Å². The van der Waals surface area contributed by atoms with Gasteiger partial charge in [-0.2, -0.15) is 5.26 Å². The topological polar surface area (TPSA) is 98.9 Å². The zero-order chi connectivity index (χ0) is 21.5. The fraction of sp³-hybridized carbons (Fsp3) is 0.217. The number of nitrogens with zero attached hydrogens (tertiary/aromatic N) is 3.